The summed E-state index contributed by atoms with van der Waals surface area (Å²) in [6, 6.07) is 13.3. The average Bonchev–Trinajstić information content (AvgIpc) is 2.81. The van der Waals surface area contributed by atoms with E-state index in [2.05, 4.69) is 77.9 Å². The van der Waals surface area contributed by atoms with Gasteiger partial charge < -0.3 is 4.42 Å². The van der Waals surface area contributed by atoms with Crippen LogP contribution in [0.25, 0.3) is 21.9 Å². The number of fused-ring (bicyclic) bond motifs is 3. The number of furan rings is 1. The van der Waals surface area contributed by atoms with Crippen molar-refractivity contribution in [3.63, 3.8) is 0 Å². The molecule has 1 atom stereocenters. The molecule has 0 spiro atoms. The molecule has 0 bridgehead atoms. The van der Waals surface area contributed by atoms with E-state index in [1.165, 1.54) is 21.9 Å². The van der Waals surface area contributed by atoms with Gasteiger partial charge in [0.25, 0.3) is 0 Å². The van der Waals surface area contributed by atoms with Crippen molar-refractivity contribution in [2.45, 2.75) is 52.9 Å². The molecule has 1 aromatic heterocycles. The highest BCUT2D eigenvalue weighted by Gasteiger charge is 2.17. The van der Waals surface area contributed by atoms with Gasteiger partial charge in [-0.15, -0.1) is 0 Å². The fourth-order valence-corrected chi connectivity index (χ4v) is 2.93. The first-order valence-corrected chi connectivity index (χ1v) is 8.24. The molecule has 0 saturated heterocycles. The van der Waals surface area contributed by atoms with E-state index in [1.54, 1.807) is 0 Å². The van der Waals surface area contributed by atoms with Crippen LogP contribution in [0.1, 0.15) is 58.6 Å². The van der Waals surface area contributed by atoms with E-state index < -0.39 is 0 Å². The van der Waals surface area contributed by atoms with Crippen LogP contribution in [-0.4, -0.2) is 0 Å². The second-order valence-corrected chi connectivity index (χ2v) is 7.85. The molecule has 1 unspecified atom stereocenters. The third kappa shape index (κ3) is 2.54. The fourth-order valence-electron chi connectivity index (χ4n) is 2.93. The van der Waals surface area contributed by atoms with Crippen LogP contribution in [-0.2, 0) is 5.41 Å². The van der Waals surface area contributed by atoms with E-state index in [1.807, 2.05) is 0 Å². The lowest BCUT2D eigenvalue weighted by molar-refractivity contribution is 0.534. The lowest BCUT2D eigenvalue weighted by atomic mass is 9.86. The third-order valence-corrected chi connectivity index (χ3v) is 4.89. The zero-order chi connectivity index (χ0) is 16.1. The normalized spacial score (nSPS) is 14.1. The molecular formula is C21H26O. The lowest BCUT2D eigenvalue weighted by Crippen LogP contribution is -2.10. The van der Waals surface area contributed by atoms with Crippen LogP contribution < -0.4 is 0 Å². The van der Waals surface area contributed by atoms with Crippen molar-refractivity contribution in [1.82, 2.24) is 0 Å². The Morgan fingerprint density at radius 2 is 1.41 bits per heavy atom. The van der Waals surface area contributed by atoms with E-state index in [0.717, 1.165) is 11.2 Å². The summed E-state index contributed by atoms with van der Waals surface area (Å²) in [5.74, 6) is 1.18. The van der Waals surface area contributed by atoms with E-state index >= 15 is 0 Å². The van der Waals surface area contributed by atoms with E-state index in [-0.39, 0.29) is 5.41 Å². The highest BCUT2D eigenvalue weighted by Crippen LogP contribution is 2.35. The zero-order valence-corrected chi connectivity index (χ0v) is 14.5. The summed E-state index contributed by atoms with van der Waals surface area (Å²) in [4.78, 5) is 0. The number of hydrogen-bond acceptors (Lipinski definition) is 1. The number of rotatable bonds is 2. The minimum atomic E-state index is 0.143. The molecule has 0 amide bonds. The van der Waals surface area contributed by atoms with Gasteiger partial charge in [0.2, 0.25) is 0 Å². The Kier molecular flexibility index (Phi) is 3.55. The quantitative estimate of drug-likeness (QED) is 0.516. The first kappa shape index (κ1) is 15.1. The van der Waals surface area contributed by atoms with E-state index in [9.17, 15) is 0 Å². The molecule has 1 nitrogen and oxygen atoms in total. The maximum absolute atomic E-state index is 6.16. The largest absolute Gasteiger partial charge is 0.456 e. The van der Waals surface area contributed by atoms with Crippen LogP contribution >= 0.6 is 0 Å². The first-order chi connectivity index (χ1) is 10.3. The predicted molar refractivity (Wildman–Crippen MR) is 95.7 cm³/mol. The van der Waals surface area contributed by atoms with Crippen LogP contribution in [0.5, 0.6) is 0 Å². The minimum Gasteiger partial charge on any atom is -0.456 e. The molecule has 1 heterocycles. The van der Waals surface area contributed by atoms with Crippen LogP contribution in [0.4, 0.5) is 0 Å². The van der Waals surface area contributed by atoms with Crippen molar-refractivity contribution >= 4 is 21.9 Å². The zero-order valence-electron chi connectivity index (χ0n) is 14.5. The van der Waals surface area contributed by atoms with Crippen molar-refractivity contribution in [2.75, 3.05) is 0 Å². The SMILES string of the molecule is CC(C)C(C)c1ccc2c(c1)oc1cc(C(C)(C)C)ccc12. The Morgan fingerprint density at radius 1 is 0.818 bits per heavy atom. The van der Waals surface area contributed by atoms with Gasteiger partial charge in [-0.25, -0.2) is 0 Å². The van der Waals surface area contributed by atoms with Crippen LogP contribution in [0.3, 0.4) is 0 Å². The molecule has 3 aromatic rings. The maximum Gasteiger partial charge on any atom is 0.135 e. The molecule has 0 N–H and O–H groups in total. The van der Waals surface area contributed by atoms with Crippen molar-refractivity contribution in [1.29, 1.82) is 0 Å². The smallest absolute Gasteiger partial charge is 0.135 e. The van der Waals surface area contributed by atoms with E-state index in [0.29, 0.717) is 11.8 Å². The first-order valence-electron chi connectivity index (χ1n) is 8.24. The maximum atomic E-state index is 6.16. The van der Waals surface area contributed by atoms with Crippen molar-refractivity contribution in [3.8, 4) is 0 Å². The monoisotopic (exact) mass is 294 g/mol. The molecule has 0 aliphatic carbocycles. The summed E-state index contributed by atoms with van der Waals surface area (Å²) in [5.41, 5.74) is 4.82. The molecule has 2 aromatic carbocycles. The Morgan fingerprint density at radius 3 is 2.00 bits per heavy atom. The van der Waals surface area contributed by atoms with Gasteiger partial charge in [-0.05, 0) is 40.5 Å². The molecule has 0 saturated carbocycles. The Balaban J connectivity index is 2.16. The summed E-state index contributed by atoms with van der Waals surface area (Å²) in [6.45, 7) is 13.5. The molecule has 22 heavy (non-hydrogen) atoms. The molecular weight excluding hydrogens is 268 g/mol. The molecule has 3 rings (SSSR count). The summed E-state index contributed by atoms with van der Waals surface area (Å²) < 4.78 is 6.16. The Labute approximate surface area is 133 Å². The summed E-state index contributed by atoms with van der Waals surface area (Å²) in [6.07, 6.45) is 0. The van der Waals surface area contributed by atoms with Crippen LogP contribution in [0, 0.1) is 5.92 Å². The number of hydrogen-bond donors (Lipinski definition) is 0. The molecule has 0 radical (unpaired) electrons. The third-order valence-electron chi connectivity index (χ3n) is 4.89. The fraction of sp³-hybridized carbons (Fsp3) is 0.429. The lowest BCUT2D eigenvalue weighted by Gasteiger charge is -2.18. The topological polar surface area (TPSA) is 13.1 Å². The standard InChI is InChI=1S/C21H26O/c1-13(2)14(3)15-7-9-17-18-10-8-16(21(4,5)6)12-20(18)22-19(17)11-15/h7-14H,1-6H3. The second kappa shape index (κ2) is 5.15. The van der Waals surface area contributed by atoms with Gasteiger partial charge in [-0.1, -0.05) is 65.8 Å². The average molecular weight is 294 g/mol. The molecule has 1 heteroatoms. The van der Waals surface area contributed by atoms with Gasteiger partial charge in [0, 0.05) is 10.8 Å². The highest BCUT2D eigenvalue weighted by molar-refractivity contribution is 6.05. The van der Waals surface area contributed by atoms with Gasteiger partial charge in [0.05, 0.1) is 0 Å². The van der Waals surface area contributed by atoms with Crippen LogP contribution in [0.15, 0.2) is 40.8 Å². The van der Waals surface area contributed by atoms with Gasteiger partial charge in [0.1, 0.15) is 11.2 Å². The van der Waals surface area contributed by atoms with Gasteiger partial charge in [-0.2, -0.15) is 0 Å². The molecule has 116 valence electrons. The molecule has 0 fully saturated rings. The summed E-state index contributed by atoms with van der Waals surface area (Å²) >= 11 is 0. The summed E-state index contributed by atoms with van der Waals surface area (Å²) in [7, 11) is 0. The van der Waals surface area contributed by atoms with E-state index in [4.69, 9.17) is 4.42 Å². The van der Waals surface area contributed by atoms with Crippen molar-refractivity contribution in [3.05, 3.63) is 47.5 Å². The van der Waals surface area contributed by atoms with Crippen molar-refractivity contribution < 1.29 is 4.42 Å². The predicted octanol–water partition coefficient (Wildman–Crippen LogP) is 6.64. The highest BCUT2D eigenvalue weighted by atomic mass is 16.3. The Bertz CT molecular complexity index is 815. The number of benzene rings is 2. The molecule has 0 aliphatic heterocycles. The Hall–Kier alpha value is -1.76. The van der Waals surface area contributed by atoms with Crippen LogP contribution in [0.2, 0.25) is 0 Å². The van der Waals surface area contributed by atoms with Crippen molar-refractivity contribution in [2.24, 2.45) is 5.92 Å². The van der Waals surface area contributed by atoms with Gasteiger partial charge in [0.15, 0.2) is 0 Å². The molecule has 0 aliphatic rings. The second-order valence-electron chi connectivity index (χ2n) is 7.85. The minimum absolute atomic E-state index is 0.143. The summed E-state index contributed by atoms with van der Waals surface area (Å²) in [5, 5.41) is 2.43. The van der Waals surface area contributed by atoms with Gasteiger partial charge >= 0.3 is 0 Å². The van der Waals surface area contributed by atoms with Gasteiger partial charge in [-0.3, -0.25) is 0 Å².